The summed E-state index contributed by atoms with van der Waals surface area (Å²) in [6.07, 6.45) is 1.56. The number of hydrogen-bond acceptors (Lipinski definition) is 2. The molecule has 0 aliphatic carbocycles. The number of benzene rings is 2. The molecule has 1 unspecified atom stereocenters. The van der Waals surface area contributed by atoms with Gasteiger partial charge in [-0.25, -0.2) is 0 Å². The van der Waals surface area contributed by atoms with E-state index in [2.05, 4.69) is 12.2 Å². The van der Waals surface area contributed by atoms with E-state index in [9.17, 15) is 5.11 Å². The Kier molecular flexibility index (Phi) is 5.92. The summed E-state index contributed by atoms with van der Waals surface area (Å²) >= 11 is 12.5. The van der Waals surface area contributed by atoms with Gasteiger partial charge in [-0.3, -0.25) is 0 Å². The zero-order chi connectivity index (χ0) is 15.2. The molecule has 0 amide bonds. The van der Waals surface area contributed by atoms with Crippen LogP contribution < -0.4 is 5.32 Å². The third-order valence-corrected chi connectivity index (χ3v) is 4.11. The van der Waals surface area contributed by atoms with Crippen molar-refractivity contribution in [2.24, 2.45) is 0 Å². The largest absolute Gasteiger partial charge is 0.508 e. The summed E-state index contributed by atoms with van der Waals surface area (Å²) in [4.78, 5) is 0. The zero-order valence-corrected chi connectivity index (χ0v) is 13.5. The number of nitrogens with one attached hydrogen (secondary N) is 1. The lowest BCUT2D eigenvalue weighted by Gasteiger charge is -2.19. The van der Waals surface area contributed by atoms with Gasteiger partial charge < -0.3 is 10.4 Å². The quantitative estimate of drug-likeness (QED) is 0.822. The smallest absolute Gasteiger partial charge is 0.115 e. The average molecular weight is 324 g/mol. The Labute approximate surface area is 135 Å². The molecule has 2 aromatic carbocycles. The van der Waals surface area contributed by atoms with Crippen LogP contribution >= 0.6 is 23.2 Å². The molecule has 21 heavy (non-hydrogen) atoms. The van der Waals surface area contributed by atoms with Gasteiger partial charge in [0.15, 0.2) is 0 Å². The number of phenolic OH excluding ortho intramolecular Hbond substituents is 1. The maximum atomic E-state index is 9.57. The molecule has 112 valence electrons. The first-order valence-electron chi connectivity index (χ1n) is 7.04. The number of hydrogen-bond donors (Lipinski definition) is 2. The number of aromatic hydroxyl groups is 1. The lowest BCUT2D eigenvalue weighted by Crippen LogP contribution is -2.33. The van der Waals surface area contributed by atoms with Crippen LogP contribution in [-0.2, 0) is 12.8 Å². The van der Waals surface area contributed by atoms with Crippen LogP contribution in [0, 0.1) is 0 Å². The number of likely N-dealkylation sites (N-methyl/N-ethyl adjacent to an activating group) is 1. The minimum Gasteiger partial charge on any atom is -0.508 e. The van der Waals surface area contributed by atoms with E-state index in [0.717, 1.165) is 30.5 Å². The Morgan fingerprint density at radius 2 is 1.71 bits per heavy atom. The molecule has 0 aromatic heterocycles. The normalized spacial score (nSPS) is 12.3. The molecule has 0 aliphatic heterocycles. The fourth-order valence-electron chi connectivity index (χ4n) is 2.45. The molecule has 2 aromatic rings. The standard InChI is InChI=1S/C17H19Cl2NO/c1-2-20-13(9-12-5-3-6-14(21)10-12)11-15-16(18)7-4-8-17(15)19/h3-8,10,13,20-21H,2,9,11H2,1H3. The van der Waals surface area contributed by atoms with Crippen molar-refractivity contribution < 1.29 is 5.11 Å². The van der Waals surface area contributed by atoms with Gasteiger partial charge in [-0.05, 0) is 54.8 Å². The highest BCUT2D eigenvalue weighted by atomic mass is 35.5. The molecule has 0 aliphatic rings. The van der Waals surface area contributed by atoms with Crippen LogP contribution in [0.2, 0.25) is 10.0 Å². The Morgan fingerprint density at radius 1 is 1.05 bits per heavy atom. The Balaban J connectivity index is 2.16. The second-order valence-electron chi connectivity index (χ2n) is 5.03. The summed E-state index contributed by atoms with van der Waals surface area (Å²) < 4.78 is 0. The van der Waals surface area contributed by atoms with Crippen molar-refractivity contribution in [1.29, 1.82) is 0 Å². The maximum Gasteiger partial charge on any atom is 0.115 e. The Hall–Kier alpha value is -1.22. The van der Waals surface area contributed by atoms with Gasteiger partial charge in [-0.2, -0.15) is 0 Å². The lowest BCUT2D eigenvalue weighted by molar-refractivity contribution is 0.472. The van der Waals surface area contributed by atoms with Crippen molar-refractivity contribution >= 4 is 23.2 Å². The summed E-state index contributed by atoms with van der Waals surface area (Å²) in [5, 5.41) is 14.4. The molecule has 0 saturated heterocycles. The summed E-state index contributed by atoms with van der Waals surface area (Å²) in [7, 11) is 0. The van der Waals surface area contributed by atoms with Crippen molar-refractivity contribution in [3.8, 4) is 5.75 Å². The van der Waals surface area contributed by atoms with Crippen molar-refractivity contribution in [1.82, 2.24) is 5.32 Å². The first-order valence-corrected chi connectivity index (χ1v) is 7.80. The molecule has 1 atom stereocenters. The second kappa shape index (κ2) is 7.69. The van der Waals surface area contributed by atoms with Crippen molar-refractivity contribution in [3.63, 3.8) is 0 Å². The second-order valence-corrected chi connectivity index (χ2v) is 5.85. The third kappa shape index (κ3) is 4.63. The summed E-state index contributed by atoms with van der Waals surface area (Å²) in [5.41, 5.74) is 2.05. The van der Waals surface area contributed by atoms with E-state index in [1.54, 1.807) is 12.1 Å². The van der Waals surface area contributed by atoms with Crippen LogP contribution in [0.3, 0.4) is 0 Å². The van der Waals surface area contributed by atoms with E-state index in [-0.39, 0.29) is 6.04 Å². The average Bonchev–Trinajstić information content (AvgIpc) is 2.43. The van der Waals surface area contributed by atoms with E-state index in [4.69, 9.17) is 23.2 Å². The predicted molar refractivity (Wildman–Crippen MR) is 89.4 cm³/mol. The number of halogens is 2. The van der Waals surface area contributed by atoms with Crippen LogP contribution in [0.25, 0.3) is 0 Å². The highest BCUT2D eigenvalue weighted by molar-refractivity contribution is 6.36. The van der Waals surface area contributed by atoms with Crippen LogP contribution in [0.4, 0.5) is 0 Å². The van der Waals surface area contributed by atoms with Gasteiger partial charge in [0.1, 0.15) is 5.75 Å². The Morgan fingerprint density at radius 3 is 2.33 bits per heavy atom. The van der Waals surface area contributed by atoms with Crippen LogP contribution in [0.1, 0.15) is 18.1 Å². The van der Waals surface area contributed by atoms with E-state index in [0.29, 0.717) is 15.8 Å². The molecule has 2 rings (SSSR count). The summed E-state index contributed by atoms with van der Waals surface area (Å²) in [6, 6.07) is 13.1. The van der Waals surface area contributed by atoms with Gasteiger partial charge in [-0.15, -0.1) is 0 Å². The van der Waals surface area contributed by atoms with E-state index < -0.39 is 0 Å². The first-order chi connectivity index (χ1) is 10.1. The van der Waals surface area contributed by atoms with Gasteiger partial charge >= 0.3 is 0 Å². The maximum absolute atomic E-state index is 9.57. The Bertz CT molecular complexity index is 581. The summed E-state index contributed by atoms with van der Waals surface area (Å²) in [6.45, 7) is 2.94. The number of rotatable bonds is 6. The minimum absolute atomic E-state index is 0.217. The molecule has 0 spiro atoms. The van der Waals surface area contributed by atoms with Crippen molar-refractivity contribution in [2.75, 3.05) is 6.54 Å². The molecule has 0 heterocycles. The molecule has 0 saturated carbocycles. The van der Waals surface area contributed by atoms with Crippen molar-refractivity contribution in [2.45, 2.75) is 25.8 Å². The van der Waals surface area contributed by atoms with E-state index >= 15 is 0 Å². The SMILES string of the molecule is CCNC(Cc1cccc(O)c1)Cc1c(Cl)cccc1Cl. The fourth-order valence-corrected chi connectivity index (χ4v) is 3.00. The van der Waals surface area contributed by atoms with Gasteiger partial charge in [0.25, 0.3) is 0 Å². The van der Waals surface area contributed by atoms with E-state index in [1.165, 1.54) is 0 Å². The summed E-state index contributed by atoms with van der Waals surface area (Å²) in [5.74, 6) is 0.290. The molecule has 0 fully saturated rings. The monoisotopic (exact) mass is 323 g/mol. The molecule has 2 N–H and O–H groups in total. The minimum atomic E-state index is 0.217. The molecule has 0 bridgehead atoms. The molecule has 2 nitrogen and oxygen atoms in total. The van der Waals surface area contributed by atoms with Crippen LogP contribution in [-0.4, -0.2) is 17.7 Å². The highest BCUT2D eigenvalue weighted by Gasteiger charge is 2.14. The lowest BCUT2D eigenvalue weighted by atomic mass is 9.98. The van der Waals surface area contributed by atoms with Gasteiger partial charge in [0.2, 0.25) is 0 Å². The highest BCUT2D eigenvalue weighted by Crippen LogP contribution is 2.26. The predicted octanol–water partition coefficient (Wildman–Crippen LogP) is 4.46. The van der Waals surface area contributed by atoms with Gasteiger partial charge in [0, 0.05) is 16.1 Å². The zero-order valence-electron chi connectivity index (χ0n) is 11.9. The van der Waals surface area contributed by atoms with Gasteiger partial charge in [-0.1, -0.05) is 48.3 Å². The fraction of sp³-hybridized carbons (Fsp3) is 0.294. The van der Waals surface area contributed by atoms with E-state index in [1.807, 2.05) is 30.3 Å². The van der Waals surface area contributed by atoms with Gasteiger partial charge in [0.05, 0.1) is 0 Å². The van der Waals surface area contributed by atoms with Crippen molar-refractivity contribution in [3.05, 3.63) is 63.6 Å². The van der Waals surface area contributed by atoms with Crippen LogP contribution in [0.5, 0.6) is 5.75 Å². The molecular weight excluding hydrogens is 305 g/mol. The molecule has 0 radical (unpaired) electrons. The molecular formula is C17H19Cl2NO. The molecule has 4 heteroatoms. The topological polar surface area (TPSA) is 32.3 Å². The third-order valence-electron chi connectivity index (χ3n) is 3.40. The first kappa shape index (κ1) is 16.2. The van der Waals surface area contributed by atoms with Crippen LogP contribution in [0.15, 0.2) is 42.5 Å². The number of phenols is 1.